The second kappa shape index (κ2) is 9.11. The number of esters is 1. The third-order valence-corrected chi connectivity index (χ3v) is 4.33. The first-order valence-electron chi connectivity index (χ1n) is 8.84. The molecule has 1 aromatic rings. The Balaban J connectivity index is 1.90. The topological polar surface area (TPSA) is 119 Å². The second-order valence-corrected chi connectivity index (χ2v) is 6.47. The van der Waals surface area contributed by atoms with Crippen molar-refractivity contribution in [1.29, 1.82) is 0 Å². The first kappa shape index (κ1) is 20.3. The zero-order valence-corrected chi connectivity index (χ0v) is 15.3. The fourth-order valence-electron chi connectivity index (χ4n) is 2.80. The summed E-state index contributed by atoms with van der Waals surface area (Å²) in [5.41, 5.74) is -0.167. The Bertz CT molecular complexity index is 730. The number of benzene rings is 1. The molecule has 2 atom stereocenters. The predicted molar refractivity (Wildman–Crippen MR) is 96.0 cm³/mol. The van der Waals surface area contributed by atoms with Crippen LogP contribution in [-0.2, 0) is 14.3 Å². The summed E-state index contributed by atoms with van der Waals surface area (Å²) < 4.78 is 5.17. The average molecular weight is 377 g/mol. The van der Waals surface area contributed by atoms with Crippen molar-refractivity contribution in [2.75, 3.05) is 13.1 Å². The summed E-state index contributed by atoms with van der Waals surface area (Å²) >= 11 is 0. The number of hydrogen-bond donors (Lipinski definition) is 1. The van der Waals surface area contributed by atoms with Crippen molar-refractivity contribution in [1.82, 2.24) is 10.2 Å². The molecule has 0 radical (unpaired) electrons. The van der Waals surface area contributed by atoms with Crippen LogP contribution in [0.1, 0.15) is 43.5 Å². The highest BCUT2D eigenvalue weighted by Gasteiger charge is 2.27. The lowest BCUT2D eigenvalue weighted by Gasteiger charge is -2.29. The number of nitro groups is 1. The Morgan fingerprint density at radius 1 is 1.19 bits per heavy atom. The van der Waals surface area contributed by atoms with Gasteiger partial charge < -0.3 is 15.0 Å². The Morgan fingerprint density at radius 3 is 2.48 bits per heavy atom. The zero-order chi connectivity index (χ0) is 20.0. The molecular formula is C18H23N3O6. The number of likely N-dealkylation sites (tertiary alicyclic amines) is 1. The molecule has 1 N–H and O–H groups in total. The van der Waals surface area contributed by atoms with E-state index < -0.39 is 28.9 Å². The molecule has 1 aliphatic heterocycles. The average Bonchev–Trinajstić information content (AvgIpc) is 2.67. The van der Waals surface area contributed by atoms with Gasteiger partial charge in [-0.3, -0.25) is 19.7 Å². The maximum Gasteiger partial charge on any atom is 0.329 e. The van der Waals surface area contributed by atoms with E-state index in [0.29, 0.717) is 13.1 Å². The quantitative estimate of drug-likeness (QED) is 0.457. The molecule has 0 aliphatic carbocycles. The summed E-state index contributed by atoms with van der Waals surface area (Å²) in [7, 11) is 0. The summed E-state index contributed by atoms with van der Waals surface area (Å²) in [6.07, 6.45) is 2.01. The van der Waals surface area contributed by atoms with Gasteiger partial charge >= 0.3 is 5.97 Å². The smallest absolute Gasteiger partial charge is 0.329 e. The third kappa shape index (κ3) is 5.50. The van der Waals surface area contributed by atoms with Crippen molar-refractivity contribution < 1.29 is 24.0 Å². The van der Waals surface area contributed by atoms with Gasteiger partial charge in [-0.25, -0.2) is 4.79 Å². The van der Waals surface area contributed by atoms with E-state index >= 15 is 0 Å². The number of nitro benzene ring substituents is 1. The van der Waals surface area contributed by atoms with Gasteiger partial charge in [0.2, 0.25) is 0 Å². The summed E-state index contributed by atoms with van der Waals surface area (Å²) in [6.45, 7) is 4.24. The van der Waals surface area contributed by atoms with Gasteiger partial charge in [0.15, 0.2) is 6.10 Å². The molecule has 0 aromatic heterocycles. The molecule has 1 aromatic carbocycles. The minimum atomic E-state index is -1.01. The third-order valence-electron chi connectivity index (χ3n) is 4.33. The molecule has 1 fully saturated rings. The Kier molecular flexibility index (Phi) is 6.86. The predicted octanol–water partition coefficient (Wildman–Crippen LogP) is 1.66. The van der Waals surface area contributed by atoms with Gasteiger partial charge in [-0.15, -0.1) is 0 Å². The number of nitrogens with one attached hydrogen (secondary N) is 1. The fraction of sp³-hybridized carbons (Fsp3) is 0.500. The number of non-ortho nitro benzene ring substituents is 1. The molecule has 1 heterocycles. The fourth-order valence-corrected chi connectivity index (χ4v) is 2.80. The van der Waals surface area contributed by atoms with Crippen LogP contribution in [0.5, 0.6) is 0 Å². The van der Waals surface area contributed by atoms with Crippen LogP contribution in [0.3, 0.4) is 0 Å². The molecular weight excluding hydrogens is 354 g/mol. The highest BCUT2D eigenvalue weighted by Crippen LogP contribution is 2.14. The molecule has 9 heteroatoms. The van der Waals surface area contributed by atoms with Gasteiger partial charge in [0, 0.05) is 30.8 Å². The Labute approximate surface area is 156 Å². The van der Waals surface area contributed by atoms with Crippen molar-refractivity contribution in [2.24, 2.45) is 0 Å². The van der Waals surface area contributed by atoms with Crippen LogP contribution in [0, 0.1) is 10.1 Å². The highest BCUT2D eigenvalue weighted by molar-refractivity contribution is 5.97. The monoisotopic (exact) mass is 377 g/mol. The Morgan fingerprint density at radius 2 is 1.85 bits per heavy atom. The highest BCUT2D eigenvalue weighted by atomic mass is 16.6. The summed E-state index contributed by atoms with van der Waals surface area (Å²) in [5, 5.41) is 13.2. The number of carbonyl (C=O) groups is 3. The SMILES string of the molecule is C[C@H](OC(=O)[C@@H](C)NC(=O)c1cccc([N+](=O)[O-])c1)C(=O)N1CCCCC1. The lowest BCUT2D eigenvalue weighted by molar-refractivity contribution is -0.384. The van der Waals surface area contributed by atoms with E-state index in [1.165, 1.54) is 32.0 Å². The number of rotatable bonds is 6. The number of amides is 2. The van der Waals surface area contributed by atoms with Crippen LogP contribution in [0.2, 0.25) is 0 Å². The van der Waals surface area contributed by atoms with Gasteiger partial charge in [0.25, 0.3) is 17.5 Å². The molecule has 2 amide bonds. The maximum absolute atomic E-state index is 12.3. The van der Waals surface area contributed by atoms with E-state index in [-0.39, 0.29) is 17.2 Å². The molecule has 27 heavy (non-hydrogen) atoms. The second-order valence-electron chi connectivity index (χ2n) is 6.47. The van der Waals surface area contributed by atoms with Crippen LogP contribution in [0.25, 0.3) is 0 Å². The van der Waals surface area contributed by atoms with Gasteiger partial charge in [-0.05, 0) is 39.2 Å². The summed E-state index contributed by atoms with van der Waals surface area (Å²) in [6, 6.07) is 4.17. The Hall–Kier alpha value is -2.97. The number of nitrogens with zero attached hydrogens (tertiary/aromatic N) is 2. The molecule has 0 spiro atoms. The largest absolute Gasteiger partial charge is 0.451 e. The summed E-state index contributed by atoms with van der Waals surface area (Å²) in [4.78, 5) is 48.5. The number of carbonyl (C=O) groups excluding carboxylic acids is 3. The van der Waals surface area contributed by atoms with E-state index in [4.69, 9.17) is 4.74 Å². The number of hydrogen-bond acceptors (Lipinski definition) is 6. The van der Waals surface area contributed by atoms with E-state index in [2.05, 4.69) is 5.32 Å². The number of piperidine rings is 1. The van der Waals surface area contributed by atoms with Crippen molar-refractivity contribution in [3.63, 3.8) is 0 Å². The molecule has 9 nitrogen and oxygen atoms in total. The standard InChI is InChI=1S/C18H23N3O6/c1-12(19-16(22)14-7-6-8-15(11-14)21(25)26)18(24)27-13(2)17(23)20-9-4-3-5-10-20/h6-8,11-13H,3-5,9-10H2,1-2H3,(H,19,22)/t12-,13+/m1/s1. The van der Waals surface area contributed by atoms with Crippen LogP contribution < -0.4 is 5.32 Å². The van der Waals surface area contributed by atoms with Gasteiger partial charge in [-0.2, -0.15) is 0 Å². The van der Waals surface area contributed by atoms with E-state index in [1.54, 1.807) is 4.90 Å². The first-order valence-corrected chi connectivity index (χ1v) is 8.84. The number of ether oxygens (including phenoxy) is 1. The van der Waals surface area contributed by atoms with Crippen molar-refractivity contribution in [3.8, 4) is 0 Å². The van der Waals surface area contributed by atoms with E-state index in [9.17, 15) is 24.5 Å². The first-order chi connectivity index (χ1) is 12.8. The molecule has 146 valence electrons. The minimum Gasteiger partial charge on any atom is -0.451 e. The van der Waals surface area contributed by atoms with Gasteiger partial charge in [0.1, 0.15) is 6.04 Å². The molecule has 1 saturated heterocycles. The van der Waals surface area contributed by atoms with E-state index in [1.807, 2.05) is 0 Å². The van der Waals surface area contributed by atoms with Crippen molar-refractivity contribution in [2.45, 2.75) is 45.3 Å². The van der Waals surface area contributed by atoms with Crippen LogP contribution in [-0.4, -0.2) is 52.8 Å². The normalized spacial score (nSPS) is 16.1. The molecule has 1 aliphatic rings. The lowest BCUT2D eigenvalue weighted by atomic mass is 10.1. The summed E-state index contributed by atoms with van der Waals surface area (Å²) in [5.74, 6) is -1.63. The van der Waals surface area contributed by atoms with E-state index in [0.717, 1.165) is 25.3 Å². The van der Waals surface area contributed by atoms with Crippen molar-refractivity contribution in [3.05, 3.63) is 39.9 Å². The van der Waals surface area contributed by atoms with Gasteiger partial charge in [-0.1, -0.05) is 6.07 Å². The minimum absolute atomic E-state index is 0.0568. The molecule has 0 saturated carbocycles. The molecule has 0 unspecified atom stereocenters. The van der Waals surface area contributed by atoms with Crippen LogP contribution in [0.4, 0.5) is 5.69 Å². The van der Waals surface area contributed by atoms with Crippen LogP contribution >= 0.6 is 0 Å². The van der Waals surface area contributed by atoms with Crippen molar-refractivity contribution >= 4 is 23.5 Å². The molecule has 0 bridgehead atoms. The maximum atomic E-state index is 12.3. The zero-order valence-electron chi connectivity index (χ0n) is 15.3. The lowest BCUT2D eigenvalue weighted by Crippen LogP contribution is -2.46. The molecule has 2 rings (SSSR count). The van der Waals surface area contributed by atoms with Crippen LogP contribution in [0.15, 0.2) is 24.3 Å². The van der Waals surface area contributed by atoms with Gasteiger partial charge in [0.05, 0.1) is 4.92 Å².